The number of carbonyl (C=O) groups excluding carboxylic acids is 1. The molecule has 2 aromatic carbocycles. The van der Waals surface area contributed by atoms with E-state index < -0.39 is 17.7 Å². The lowest BCUT2D eigenvalue weighted by Crippen LogP contribution is -2.05. The summed E-state index contributed by atoms with van der Waals surface area (Å²) in [5.41, 5.74) is 0.446. The summed E-state index contributed by atoms with van der Waals surface area (Å²) in [6.07, 6.45) is 0.0185. The third-order valence-corrected chi connectivity index (χ3v) is 2.95. The first-order chi connectivity index (χ1) is 11.4. The van der Waals surface area contributed by atoms with Gasteiger partial charge in [-0.25, -0.2) is 9.79 Å². The quantitative estimate of drug-likeness (QED) is 0.589. The number of carbonyl (C=O) groups is 1. The SMILES string of the molecule is O=C(C=Nc1ccc(C(F)(F)F)cc1)OC/C=C/c1ccccc1. The van der Waals surface area contributed by atoms with E-state index in [1.54, 1.807) is 12.2 Å². The van der Waals surface area contributed by atoms with Gasteiger partial charge in [0.1, 0.15) is 12.8 Å². The van der Waals surface area contributed by atoms with Gasteiger partial charge in [-0.15, -0.1) is 0 Å². The third-order valence-electron chi connectivity index (χ3n) is 2.95. The molecule has 2 rings (SSSR count). The highest BCUT2D eigenvalue weighted by atomic mass is 19.4. The molecular weight excluding hydrogens is 319 g/mol. The zero-order valence-electron chi connectivity index (χ0n) is 12.5. The molecule has 0 saturated heterocycles. The first kappa shape index (κ1) is 17.5. The second-order valence-electron chi connectivity index (χ2n) is 4.75. The predicted molar refractivity (Wildman–Crippen MR) is 86.0 cm³/mol. The Morgan fingerprint density at radius 3 is 2.33 bits per heavy atom. The van der Waals surface area contributed by atoms with Gasteiger partial charge >= 0.3 is 12.1 Å². The molecule has 0 saturated carbocycles. The Labute approximate surface area is 137 Å². The number of halogens is 3. The molecule has 0 radical (unpaired) electrons. The van der Waals surface area contributed by atoms with Gasteiger partial charge in [0.15, 0.2) is 0 Å². The van der Waals surface area contributed by atoms with Crippen LogP contribution in [0.25, 0.3) is 6.08 Å². The normalized spacial score (nSPS) is 12.0. The fourth-order valence-corrected chi connectivity index (χ4v) is 1.78. The average Bonchev–Trinajstić information content (AvgIpc) is 2.57. The summed E-state index contributed by atoms with van der Waals surface area (Å²) in [7, 11) is 0. The minimum atomic E-state index is -4.40. The molecule has 124 valence electrons. The van der Waals surface area contributed by atoms with Crippen molar-refractivity contribution in [2.24, 2.45) is 4.99 Å². The van der Waals surface area contributed by atoms with Crippen LogP contribution in [0, 0.1) is 0 Å². The molecular formula is C18H14F3NO2. The number of benzene rings is 2. The maximum Gasteiger partial charge on any atom is 0.416 e. The second-order valence-corrected chi connectivity index (χ2v) is 4.75. The van der Waals surface area contributed by atoms with Crippen LogP contribution in [0.2, 0.25) is 0 Å². The summed E-state index contributed by atoms with van der Waals surface area (Å²) in [6, 6.07) is 13.7. The van der Waals surface area contributed by atoms with Crippen molar-refractivity contribution in [3.8, 4) is 0 Å². The number of esters is 1. The summed E-state index contributed by atoms with van der Waals surface area (Å²) in [4.78, 5) is 15.2. The van der Waals surface area contributed by atoms with Gasteiger partial charge in [-0.2, -0.15) is 13.2 Å². The van der Waals surface area contributed by atoms with Gasteiger partial charge in [-0.1, -0.05) is 36.4 Å². The second kappa shape index (κ2) is 8.10. The summed E-state index contributed by atoms with van der Waals surface area (Å²) < 4.78 is 42.1. The number of nitrogens with zero attached hydrogens (tertiary/aromatic N) is 1. The largest absolute Gasteiger partial charge is 0.457 e. The number of ether oxygens (including phenoxy) is 1. The molecule has 0 fully saturated rings. The van der Waals surface area contributed by atoms with Crippen LogP contribution in [0.5, 0.6) is 0 Å². The number of aliphatic imine (C=N–C) groups is 1. The third kappa shape index (κ3) is 5.72. The molecule has 0 amide bonds. The van der Waals surface area contributed by atoms with Crippen LogP contribution in [-0.2, 0) is 15.7 Å². The predicted octanol–water partition coefficient (Wildman–Crippen LogP) is 4.66. The van der Waals surface area contributed by atoms with E-state index in [4.69, 9.17) is 4.74 Å². The van der Waals surface area contributed by atoms with Crippen molar-refractivity contribution in [1.29, 1.82) is 0 Å². The van der Waals surface area contributed by atoms with Crippen molar-refractivity contribution in [1.82, 2.24) is 0 Å². The van der Waals surface area contributed by atoms with Crippen LogP contribution in [-0.4, -0.2) is 18.8 Å². The minimum Gasteiger partial charge on any atom is -0.457 e. The molecule has 2 aromatic rings. The molecule has 0 N–H and O–H groups in total. The Bertz CT molecular complexity index is 720. The van der Waals surface area contributed by atoms with Gasteiger partial charge < -0.3 is 4.74 Å². The number of rotatable bonds is 5. The van der Waals surface area contributed by atoms with Crippen LogP contribution in [0.15, 0.2) is 65.7 Å². The topological polar surface area (TPSA) is 38.7 Å². The molecule has 0 atom stereocenters. The zero-order valence-corrected chi connectivity index (χ0v) is 12.5. The fourth-order valence-electron chi connectivity index (χ4n) is 1.78. The first-order valence-electron chi connectivity index (χ1n) is 7.05. The molecule has 3 nitrogen and oxygen atoms in total. The summed E-state index contributed by atoms with van der Waals surface area (Å²) in [5.74, 6) is -0.674. The Morgan fingerprint density at radius 1 is 1.04 bits per heavy atom. The van der Waals surface area contributed by atoms with E-state index in [1.165, 1.54) is 12.1 Å². The van der Waals surface area contributed by atoms with E-state index in [1.807, 2.05) is 30.3 Å². The summed E-state index contributed by atoms with van der Waals surface area (Å²) in [5, 5.41) is 0. The van der Waals surface area contributed by atoms with E-state index in [0.717, 1.165) is 23.9 Å². The van der Waals surface area contributed by atoms with Crippen LogP contribution in [0.1, 0.15) is 11.1 Å². The highest BCUT2D eigenvalue weighted by Gasteiger charge is 2.29. The Kier molecular flexibility index (Phi) is 5.89. The van der Waals surface area contributed by atoms with Crippen molar-refractivity contribution >= 4 is 23.9 Å². The van der Waals surface area contributed by atoms with E-state index in [0.29, 0.717) is 0 Å². The lowest BCUT2D eigenvalue weighted by Gasteiger charge is -2.05. The molecule has 0 aliphatic heterocycles. The van der Waals surface area contributed by atoms with Gasteiger partial charge in [-0.3, -0.25) is 0 Å². The lowest BCUT2D eigenvalue weighted by atomic mass is 10.2. The Morgan fingerprint density at radius 2 is 1.71 bits per heavy atom. The molecule has 0 heterocycles. The van der Waals surface area contributed by atoms with Crippen LogP contribution >= 0.6 is 0 Å². The number of alkyl halides is 3. The average molecular weight is 333 g/mol. The molecule has 0 unspecified atom stereocenters. The van der Waals surface area contributed by atoms with Crippen molar-refractivity contribution in [2.75, 3.05) is 6.61 Å². The molecule has 0 spiro atoms. The summed E-state index contributed by atoms with van der Waals surface area (Å²) in [6.45, 7) is 0.0761. The van der Waals surface area contributed by atoms with Crippen LogP contribution in [0.3, 0.4) is 0 Å². The lowest BCUT2D eigenvalue weighted by molar-refractivity contribution is -0.137. The van der Waals surface area contributed by atoms with Gasteiger partial charge in [0.05, 0.1) is 11.3 Å². The molecule has 0 aliphatic rings. The highest BCUT2D eigenvalue weighted by molar-refractivity contribution is 6.23. The molecule has 0 aliphatic carbocycles. The smallest absolute Gasteiger partial charge is 0.416 e. The fraction of sp³-hybridized carbons (Fsp3) is 0.111. The minimum absolute atomic E-state index is 0.0761. The molecule has 0 aromatic heterocycles. The zero-order chi connectivity index (χ0) is 17.4. The standard InChI is InChI=1S/C18H14F3NO2/c19-18(20,21)15-8-10-16(11-9-15)22-13-17(23)24-12-4-7-14-5-2-1-3-6-14/h1-11,13H,12H2/b7-4+,22-13?. The van der Waals surface area contributed by atoms with Gasteiger partial charge in [0, 0.05) is 0 Å². The molecule has 6 heteroatoms. The highest BCUT2D eigenvalue weighted by Crippen LogP contribution is 2.30. The summed E-state index contributed by atoms with van der Waals surface area (Å²) >= 11 is 0. The maximum absolute atomic E-state index is 12.4. The Hall–Kier alpha value is -2.89. The number of hydrogen-bond acceptors (Lipinski definition) is 3. The van der Waals surface area contributed by atoms with E-state index >= 15 is 0 Å². The maximum atomic E-state index is 12.4. The van der Waals surface area contributed by atoms with Crippen molar-refractivity contribution in [2.45, 2.75) is 6.18 Å². The van der Waals surface area contributed by atoms with E-state index in [2.05, 4.69) is 4.99 Å². The van der Waals surface area contributed by atoms with Crippen molar-refractivity contribution < 1.29 is 22.7 Å². The van der Waals surface area contributed by atoms with Gasteiger partial charge in [-0.05, 0) is 35.9 Å². The Balaban J connectivity index is 1.81. The van der Waals surface area contributed by atoms with Crippen LogP contribution in [0.4, 0.5) is 18.9 Å². The monoisotopic (exact) mass is 333 g/mol. The van der Waals surface area contributed by atoms with Crippen LogP contribution < -0.4 is 0 Å². The van der Waals surface area contributed by atoms with E-state index in [-0.39, 0.29) is 12.3 Å². The van der Waals surface area contributed by atoms with Crippen molar-refractivity contribution in [3.05, 3.63) is 71.8 Å². The van der Waals surface area contributed by atoms with Gasteiger partial charge in [0.2, 0.25) is 0 Å². The number of hydrogen-bond donors (Lipinski definition) is 0. The van der Waals surface area contributed by atoms with E-state index in [9.17, 15) is 18.0 Å². The first-order valence-corrected chi connectivity index (χ1v) is 7.05. The van der Waals surface area contributed by atoms with Gasteiger partial charge in [0.25, 0.3) is 0 Å². The van der Waals surface area contributed by atoms with Crippen molar-refractivity contribution in [3.63, 3.8) is 0 Å². The molecule has 24 heavy (non-hydrogen) atoms. The molecule has 0 bridgehead atoms.